The van der Waals surface area contributed by atoms with Crippen LogP contribution in [0.2, 0.25) is 0 Å². The molecule has 0 atom stereocenters. The van der Waals surface area contributed by atoms with Gasteiger partial charge >= 0.3 is 0 Å². The topological polar surface area (TPSA) is 26.3 Å². The van der Waals surface area contributed by atoms with Gasteiger partial charge in [0.15, 0.2) is 5.78 Å². The van der Waals surface area contributed by atoms with Crippen molar-refractivity contribution in [2.45, 2.75) is 18.7 Å². The number of carbonyl (C=O) groups excluding carboxylic acids is 1. The number of ketones is 1. The van der Waals surface area contributed by atoms with E-state index < -0.39 is 0 Å². The van der Waals surface area contributed by atoms with Crippen molar-refractivity contribution in [1.29, 1.82) is 0 Å². The van der Waals surface area contributed by atoms with E-state index in [0.29, 0.717) is 17.9 Å². The Balaban J connectivity index is 1.91. The molecule has 0 saturated carbocycles. The van der Waals surface area contributed by atoms with E-state index >= 15 is 0 Å². The molecule has 0 fully saturated rings. The summed E-state index contributed by atoms with van der Waals surface area (Å²) in [6, 6.07) is 15.9. The van der Waals surface area contributed by atoms with Gasteiger partial charge in [-0.05, 0) is 43.7 Å². The minimum atomic E-state index is 0.0377. The maximum atomic E-state index is 11.5. The summed E-state index contributed by atoms with van der Waals surface area (Å²) >= 11 is 1.75. The third-order valence-electron chi connectivity index (χ3n) is 2.87. The second-order valence-corrected chi connectivity index (χ2v) is 5.73. The predicted octanol–water partition coefficient (Wildman–Crippen LogP) is 4.37. The van der Waals surface area contributed by atoms with E-state index in [0.717, 1.165) is 11.3 Å². The summed E-state index contributed by atoms with van der Waals surface area (Å²) in [5.41, 5.74) is 1.75. The molecule has 0 aliphatic heterocycles. The van der Waals surface area contributed by atoms with Crippen molar-refractivity contribution in [3.63, 3.8) is 0 Å². The van der Waals surface area contributed by atoms with Crippen LogP contribution in [-0.2, 0) is 0 Å². The van der Waals surface area contributed by atoms with E-state index in [1.165, 1.54) is 4.90 Å². The van der Waals surface area contributed by atoms with Gasteiger partial charge in [-0.25, -0.2) is 0 Å². The molecular formula is C17H18O2S. The summed E-state index contributed by atoms with van der Waals surface area (Å²) in [5, 5.41) is 0. The van der Waals surface area contributed by atoms with Crippen molar-refractivity contribution in [3.05, 3.63) is 59.7 Å². The molecule has 0 heterocycles. The molecular weight excluding hydrogens is 268 g/mol. The summed E-state index contributed by atoms with van der Waals surface area (Å²) in [4.78, 5) is 12.8. The van der Waals surface area contributed by atoms with Gasteiger partial charge in [-0.1, -0.05) is 24.3 Å². The van der Waals surface area contributed by atoms with Gasteiger partial charge in [0, 0.05) is 10.6 Å². The molecule has 0 aliphatic carbocycles. The van der Waals surface area contributed by atoms with Crippen LogP contribution in [0.1, 0.15) is 22.8 Å². The fraction of sp³-hybridized carbons (Fsp3) is 0.235. The Labute approximate surface area is 124 Å². The lowest BCUT2D eigenvalue weighted by atomic mass is 10.1. The number of benzene rings is 2. The van der Waals surface area contributed by atoms with Gasteiger partial charge in [0.25, 0.3) is 0 Å². The molecule has 2 aromatic carbocycles. The summed E-state index contributed by atoms with van der Waals surface area (Å²) in [6.07, 6.45) is 0. The molecule has 0 N–H and O–H groups in total. The highest BCUT2D eigenvalue weighted by Crippen LogP contribution is 2.22. The highest BCUT2D eigenvalue weighted by atomic mass is 32.2. The van der Waals surface area contributed by atoms with Crippen LogP contribution in [0.5, 0.6) is 5.75 Å². The molecule has 20 heavy (non-hydrogen) atoms. The average molecular weight is 286 g/mol. The molecule has 2 aromatic rings. The minimum absolute atomic E-state index is 0.0377. The van der Waals surface area contributed by atoms with Crippen molar-refractivity contribution in [2.75, 3.05) is 12.4 Å². The number of ether oxygens (including phenoxy) is 1. The zero-order chi connectivity index (χ0) is 14.4. The normalized spacial score (nSPS) is 10.3. The fourth-order valence-electron chi connectivity index (χ4n) is 1.87. The van der Waals surface area contributed by atoms with Crippen LogP contribution in [0.3, 0.4) is 0 Å². The summed E-state index contributed by atoms with van der Waals surface area (Å²) in [5.74, 6) is 1.58. The lowest BCUT2D eigenvalue weighted by Crippen LogP contribution is -2.05. The summed E-state index contributed by atoms with van der Waals surface area (Å²) in [6.45, 7) is 4.15. The van der Waals surface area contributed by atoms with Gasteiger partial charge in [0.2, 0.25) is 0 Å². The first-order valence-electron chi connectivity index (χ1n) is 6.59. The molecule has 0 saturated heterocycles. The summed E-state index contributed by atoms with van der Waals surface area (Å²) in [7, 11) is 0. The van der Waals surface area contributed by atoms with Gasteiger partial charge in [0.05, 0.1) is 12.2 Å². The Bertz CT molecular complexity index is 579. The lowest BCUT2D eigenvalue weighted by molar-refractivity contribution is 0.101. The Hall–Kier alpha value is -1.74. The van der Waals surface area contributed by atoms with Gasteiger partial charge < -0.3 is 4.74 Å². The Morgan fingerprint density at radius 2 is 1.90 bits per heavy atom. The maximum Gasteiger partial charge on any atom is 0.163 e. The third kappa shape index (κ3) is 4.14. The zero-order valence-electron chi connectivity index (χ0n) is 11.8. The number of carbonyl (C=O) groups is 1. The summed E-state index contributed by atoms with van der Waals surface area (Å²) < 4.78 is 5.76. The van der Waals surface area contributed by atoms with E-state index in [1.54, 1.807) is 18.7 Å². The molecule has 0 aliphatic rings. The largest absolute Gasteiger partial charge is 0.492 e. The van der Waals surface area contributed by atoms with Crippen LogP contribution >= 0.6 is 11.8 Å². The number of hydrogen-bond acceptors (Lipinski definition) is 3. The molecule has 0 unspecified atom stereocenters. The van der Waals surface area contributed by atoms with E-state index in [1.807, 2.05) is 43.3 Å². The highest BCUT2D eigenvalue weighted by molar-refractivity contribution is 7.99. The van der Waals surface area contributed by atoms with Crippen molar-refractivity contribution in [2.24, 2.45) is 0 Å². The number of hydrogen-bond donors (Lipinski definition) is 0. The Morgan fingerprint density at radius 1 is 1.15 bits per heavy atom. The molecule has 0 bridgehead atoms. The highest BCUT2D eigenvalue weighted by Gasteiger charge is 2.08. The van der Waals surface area contributed by atoms with Gasteiger partial charge in [0.1, 0.15) is 5.75 Å². The predicted molar refractivity (Wildman–Crippen MR) is 83.8 cm³/mol. The molecule has 0 aromatic heterocycles. The molecule has 2 nitrogen and oxygen atoms in total. The van der Waals surface area contributed by atoms with Crippen LogP contribution in [0.15, 0.2) is 53.4 Å². The van der Waals surface area contributed by atoms with Gasteiger partial charge in [-0.2, -0.15) is 0 Å². The minimum Gasteiger partial charge on any atom is -0.492 e. The monoisotopic (exact) mass is 286 g/mol. The standard InChI is InChI=1S/C17H18O2S/c1-13-8-9-16(14(2)18)17(12-13)19-10-11-20-15-6-4-3-5-7-15/h3-9,12H,10-11H2,1-2H3. The van der Waals surface area contributed by atoms with E-state index in [9.17, 15) is 4.79 Å². The number of rotatable bonds is 6. The first kappa shape index (κ1) is 14.7. The number of aryl methyl sites for hydroxylation is 1. The van der Waals surface area contributed by atoms with E-state index in [4.69, 9.17) is 4.74 Å². The molecule has 0 radical (unpaired) electrons. The van der Waals surface area contributed by atoms with Crippen molar-refractivity contribution in [3.8, 4) is 5.75 Å². The first-order chi connectivity index (χ1) is 9.66. The van der Waals surface area contributed by atoms with E-state index in [-0.39, 0.29) is 5.78 Å². The second kappa shape index (κ2) is 7.15. The Morgan fingerprint density at radius 3 is 2.60 bits per heavy atom. The molecule has 104 valence electrons. The van der Waals surface area contributed by atoms with Gasteiger partial charge in [-0.3, -0.25) is 4.79 Å². The molecule has 0 spiro atoms. The Kier molecular flexibility index (Phi) is 5.24. The van der Waals surface area contributed by atoms with Crippen molar-refractivity contribution < 1.29 is 9.53 Å². The van der Waals surface area contributed by atoms with Crippen LogP contribution in [0.25, 0.3) is 0 Å². The smallest absolute Gasteiger partial charge is 0.163 e. The van der Waals surface area contributed by atoms with E-state index in [2.05, 4.69) is 12.1 Å². The van der Waals surface area contributed by atoms with Crippen LogP contribution in [-0.4, -0.2) is 18.1 Å². The number of Topliss-reactive ketones (excluding diaryl/α,β-unsaturated/α-hetero) is 1. The SMILES string of the molecule is CC(=O)c1ccc(C)cc1OCCSc1ccccc1. The maximum absolute atomic E-state index is 11.5. The fourth-order valence-corrected chi connectivity index (χ4v) is 2.62. The van der Waals surface area contributed by atoms with Gasteiger partial charge in [-0.15, -0.1) is 11.8 Å². The third-order valence-corrected chi connectivity index (χ3v) is 3.85. The van der Waals surface area contributed by atoms with Crippen molar-refractivity contribution >= 4 is 17.5 Å². The molecule has 0 amide bonds. The second-order valence-electron chi connectivity index (χ2n) is 4.57. The van der Waals surface area contributed by atoms with Crippen molar-refractivity contribution in [1.82, 2.24) is 0 Å². The number of thioether (sulfide) groups is 1. The molecule has 3 heteroatoms. The lowest BCUT2D eigenvalue weighted by Gasteiger charge is -2.10. The molecule has 2 rings (SSSR count). The zero-order valence-corrected chi connectivity index (χ0v) is 12.6. The quantitative estimate of drug-likeness (QED) is 0.448. The van der Waals surface area contributed by atoms with Crippen LogP contribution in [0, 0.1) is 6.92 Å². The van der Waals surface area contributed by atoms with Crippen LogP contribution < -0.4 is 4.74 Å². The van der Waals surface area contributed by atoms with Crippen LogP contribution in [0.4, 0.5) is 0 Å². The average Bonchev–Trinajstić information content (AvgIpc) is 2.44. The first-order valence-corrected chi connectivity index (χ1v) is 7.57.